The van der Waals surface area contributed by atoms with Gasteiger partial charge in [0.2, 0.25) is 0 Å². The van der Waals surface area contributed by atoms with Gasteiger partial charge in [0, 0.05) is 47.5 Å². The fraction of sp³-hybridized carbons (Fsp3) is 0.692. The van der Waals surface area contributed by atoms with Crippen LogP contribution in [-0.4, -0.2) is 35.1 Å². The Labute approximate surface area is 199 Å². The zero-order valence-electron chi connectivity index (χ0n) is 21.7. The summed E-state index contributed by atoms with van der Waals surface area (Å²) in [5, 5.41) is 7.47. The maximum atomic E-state index is 4.72. The third-order valence-corrected chi connectivity index (χ3v) is 6.89. The van der Waals surface area contributed by atoms with Gasteiger partial charge in [-0.1, -0.05) is 55.4 Å². The molecule has 0 aromatic carbocycles. The monoisotopic (exact) mass is 453 g/mol. The van der Waals surface area contributed by atoms with Gasteiger partial charge in [-0.15, -0.1) is 0 Å². The Morgan fingerprint density at radius 3 is 1.58 bits per heavy atom. The smallest absolute Gasteiger partial charge is 0.153 e. The molecule has 182 valence electrons. The van der Waals surface area contributed by atoms with Crippen molar-refractivity contribution in [2.75, 3.05) is 0 Å². The zero-order valence-corrected chi connectivity index (χ0v) is 21.7. The van der Waals surface area contributed by atoms with Crippen molar-refractivity contribution in [1.82, 2.24) is 35.1 Å². The van der Waals surface area contributed by atoms with Gasteiger partial charge in [0.25, 0.3) is 0 Å². The van der Waals surface area contributed by atoms with Gasteiger partial charge in [-0.05, 0) is 37.5 Å². The Morgan fingerprint density at radius 1 is 0.606 bits per heavy atom. The number of imidazole rings is 2. The highest BCUT2D eigenvalue weighted by Gasteiger charge is 2.19. The topological polar surface area (TPSA) is 98.9 Å². The fourth-order valence-electron chi connectivity index (χ4n) is 4.08. The third-order valence-electron chi connectivity index (χ3n) is 6.89. The SMILES string of the molecule is CC(C)c1n[nH]c(C(C)CCC(C)c2cnc(C(C)CCC(C)c3ncc(C(C)C)[nH]3)[nH]2)n1. The molecular formula is C26H43N7. The summed E-state index contributed by atoms with van der Waals surface area (Å²) >= 11 is 0. The van der Waals surface area contributed by atoms with E-state index in [1.807, 2.05) is 12.4 Å². The molecule has 0 fully saturated rings. The van der Waals surface area contributed by atoms with E-state index in [2.05, 4.69) is 85.5 Å². The van der Waals surface area contributed by atoms with Gasteiger partial charge in [-0.2, -0.15) is 5.10 Å². The second-order valence-electron chi connectivity index (χ2n) is 10.6. The number of H-pyrrole nitrogens is 3. The van der Waals surface area contributed by atoms with E-state index in [0.717, 1.165) is 49.0 Å². The van der Waals surface area contributed by atoms with Crippen LogP contribution in [0.15, 0.2) is 12.4 Å². The molecule has 0 aliphatic rings. The summed E-state index contributed by atoms with van der Waals surface area (Å²) in [7, 11) is 0. The van der Waals surface area contributed by atoms with Crippen molar-refractivity contribution in [3.05, 3.63) is 47.1 Å². The predicted octanol–water partition coefficient (Wildman–Crippen LogP) is 6.87. The van der Waals surface area contributed by atoms with Crippen LogP contribution < -0.4 is 0 Å². The van der Waals surface area contributed by atoms with E-state index >= 15 is 0 Å². The summed E-state index contributed by atoms with van der Waals surface area (Å²) in [6.07, 6.45) is 8.33. The summed E-state index contributed by atoms with van der Waals surface area (Å²) in [6, 6.07) is 0. The lowest BCUT2D eigenvalue weighted by Crippen LogP contribution is -2.03. The maximum absolute atomic E-state index is 4.72. The molecule has 3 heterocycles. The maximum Gasteiger partial charge on any atom is 0.153 e. The van der Waals surface area contributed by atoms with Crippen LogP contribution in [0, 0.1) is 0 Å². The first-order valence-electron chi connectivity index (χ1n) is 12.7. The van der Waals surface area contributed by atoms with Crippen LogP contribution in [0.25, 0.3) is 0 Å². The molecule has 33 heavy (non-hydrogen) atoms. The van der Waals surface area contributed by atoms with Crippen LogP contribution in [-0.2, 0) is 0 Å². The number of aromatic amines is 3. The van der Waals surface area contributed by atoms with Crippen molar-refractivity contribution in [2.45, 2.75) is 117 Å². The zero-order chi connectivity index (χ0) is 24.1. The molecule has 3 N–H and O–H groups in total. The Balaban J connectivity index is 1.48. The average molecular weight is 454 g/mol. The Hall–Kier alpha value is -2.44. The van der Waals surface area contributed by atoms with E-state index in [1.165, 1.54) is 11.4 Å². The van der Waals surface area contributed by atoms with Crippen molar-refractivity contribution in [1.29, 1.82) is 0 Å². The molecule has 0 spiro atoms. The molecule has 0 amide bonds. The lowest BCUT2D eigenvalue weighted by Gasteiger charge is -2.14. The Morgan fingerprint density at radius 2 is 1.09 bits per heavy atom. The average Bonchev–Trinajstić information content (AvgIpc) is 3.55. The van der Waals surface area contributed by atoms with E-state index in [1.54, 1.807) is 0 Å². The molecule has 3 rings (SSSR count). The number of hydrogen-bond donors (Lipinski definition) is 3. The van der Waals surface area contributed by atoms with Gasteiger partial charge in [-0.25, -0.2) is 15.0 Å². The van der Waals surface area contributed by atoms with Crippen LogP contribution in [0.1, 0.15) is 151 Å². The van der Waals surface area contributed by atoms with Crippen molar-refractivity contribution >= 4 is 0 Å². The van der Waals surface area contributed by atoms with Crippen molar-refractivity contribution in [3.8, 4) is 0 Å². The minimum Gasteiger partial charge on any atom is -0.345 e. The summed E-state index contributed by atoms with van der Waals surface area (Å²) in [5.74, 6) is 6.55. The first kappa shape index (κ1) is 25.2. The van der Waals surface area contributed by atoms with E-state index in [9.17, 15) is 0 Å². The number of nitrogens with zero attached hydrogens (tertiary/aromatic N) is 4. The van der Waals surface area contributed by atoms with Gasteiger partial charge in [0.15, 0.2) is 5.82 Å². The summed E-state index contributed by atoms with van der Waals surface area (Å²) in [5.41, 5.74) is 2.44. The number of rotatable bonds is 12. The fourth-order valence-corrected chi connectivity index (χ4v) is 4.08. The second-order valence-corrected chi connectivity index (χ2v) is 10.6. The number of aromatic nitrogens is 7. The highest BCUT2D eigenvalue weighted by molar-refractivity contribution is 5.11. The largest absolute Gasteiger partial charge is 0.345 e. The van der Waals surface area contributed by atoms with Gasteiger partial charge < -0.3 is 9.97 Å². The van der Waals surface area contributed by atoms with Gasteiger partial charge in [-0.3, -0.25) is 5.10 Å². The highest BCUT2D eigenvalue weighted by atomic mass is 15.2. The molecule has 7 nitrogen and oxygen atoms in total. The van der Waals surface area contributed by atoms with E-state index < -0.39 is 0 Å². The van der Waals surface area contributed by atoms with Crippen molar-refractivity contribution in [3.63, 3.8) is 0 Å². The quantitative estimate of drug-likeness (QED) is 0.278. The second kappa shape index (κ2) is 11.1. The van der Waals surface area contributed by atoms with Gasteiger partial charge in [0.1, 0.15) is 17.5 Å². The van der Waals surface area contributed by atoms with E-state index in [-0.39, 0.29) is 0 Å². The lowest BCUT2D eigenvalue weighted by molar-refractivity contribution is 0.536. The summed E-state index contributed by atoms with van der Waals surface area (Å²) in [4.78, 5) is 21.1. The normalized spacial score (nSPS) is 15.8. The minimum absolute atomic E-state index is 0.353. The van der Waals surface area contributed by atoms with Crippen LogP contribution in [0.3, 0.4) is 0 Å². The van der Waals surface area contributed by atoms with Crippen LogP contribution in [0.5, 0.6) is 0 Å². The van der Waals surface area contributed by atoms with E-state index in [0.29, 0.717) is 35.5 Å². The molecule has 0 saturated heterocycles. The Bertz CT molecular complexity index is 904. The van der Waals surface area contributed by atoms with Crippen molar-refractivity contribution < 1.29 is 0 Å². The van der Waals surface area contributed by atoms with E-state index in [4.69, 9.17) is 4.98 Å². The van der Waals surface area contributed by atoms with Crippen LogP contribution >= 0.6 is 0 Å². The van der Waals surface area contributed by atoms with Crippen molar-refractivity contribution in [2.24, 2.45) is 0 Å². The molecule has 0 saturated carbocycles. The molecule has 0 radical (unpaired) electrons. The molecule has 7 heteroatoms. The predicted molar refractivity (Wildman–Crippen MR) is 134 cm³/mol. The minimum atomic E-state index is 0.353. The first-order valence-corrected chi connectivity index (χ1v) is 12.7. The molecule has 0 aliphatic carbocycles. The standard InChI is InChI=1S/C26H43N7/c1-15(2)21-13-27-24(29-21)18(6)11-12-19(7)25-28-14-22(30-25)17(5)9-10-20(8)26-31-23(16(3)4)32-33-26/h13-20H,9-12H2,1-8H3,(H,27,29)(H,28,30)(H,31,32,33). The summed E-state index contributed by atoms with van der Waals surface area (Å²) in [6.45, 7) is 17.6. The highest BCUT2D eigenvalue weighted by Crippen LogP contribution is 2.29. The first-order chi connectivity index (χ1) is 15.7. The Kier molecular flexibility index (Phi) is 8.49. The molecule has 4 unspecified atom stereocenters. The molecule has 3 aromatic heterocycles. The summed E-state index contributed by atoms with van der Waals surface area (Å²) < 4.78 is 0. The van der Waals surface area contributed by atoms with Gasteiger partial charge >= 0.3 is 0 Å². The molecule has 0 bridgehead atoms. The number of nitrogens with one attached hydrogen (secondary N) is 3. The van der Waals surface area contributed by atoms with Crippen LogP contribution in [0.4, 0.5) is 0 Å². The van der Waals surface area contributed by atoms with Crippen LogP contribution in [0.2, 0.25) is 0 Å². The number of hydrogen-bond acceptors (Lipinski definition) is 4. The lowest BCUT2D eigenvalue weighted by atomic mass is 9.95. The van der Waals surface area contributed by atoms with Gasteiger partial charge in [0.05, 0.1) is 0 Å². The molecule has 4 atom stereocenters. The third kappa shape index (κ3) is 6.55. The molecule has 0 aliphatic heterocycles. The molecule has 3 aromatic rings. The molecular weight excluding hydrogens is 410 g/mol.